The van der Waals surface area contributed by atoms with Gasteiger partial charge in [-0.05, 0) is 49.6 Å². The molecule has 0 bridgehead atoms. The maximum absolute atomic E-state index is 13.8. The van der Waals surface area contributed by atoms with Gasteiger partial charge in [-0.1, -0.05) is 5.16 Å². The summed E-state index contributed by atoms with van der Waals surface area (Å²) in [7, 11) is 0. The first-order valence-electron chi connectivity index (χ1n) is 11.3. The molecule has 0 amide bonds. The number of halogens is 2. The number of hydrogen-bond donors (Lipinski definition) is 0. The highest BCUT2D eigenvalue weighted by atomic mass is 19.2. The summed E-state index contributed by atoms with van der Waals surface area (Å²) in [6.45, 7) is 5.25. The number of likely N-dealkylation sites (tertiary alicyclic amines) is 1. The summed E-state index contributed by atoms with van der Waals surface area (Å²) < 4.78 is 33.3. The fourth-order valence-corrected chi connectivity index (χ4v) is 4.55. The lowest BCUT2D eigenvalue weighted by atomic mass is 9.84. The average molecular weight is 466 g/mol. The van der Waals surface area contributed by atoms with Gasteiger partial charge >= 0.3 is 0 Å². The van der Waals surface area contributed by atoms with E-state index in [1.54, 1.807) is 19.3 Å². The van der Waals surface area contributed by atoms with Crippen molar-refractivity contribution in [1.29, 1.82) is 0 Å². The second kappa shape index (κ2) is 9.52. The van der Waals surface area contributed by atoms with E-state index in [0.717, 1.165) is 43.6 Å². The quantitative estimate of drug-likeness (QED) is 0.405. The summed E-state index contributed by atoms with van der Waals surface area (Å²) in [5, 5.41) is 4.03. The molecule has 1 spiro atoms. The number of rotatable bonds is 6. The SMILES string of the molecule is CCO/N=C(/c1ccc(F)c(F)c1)c1ncc(CN2CCC3(CC2)OCc2ccncc23)cn1. The van der Waals surface area contributed by atoms with E-state index < -0.39 is 11.6 Å². The standard InChI is InChI=1S/C25H25F2N5O2/c1-2-34-31-23(18-3-4-21(26)22(27)11-18)24-29-12-17(13-30-24)15-32-9-6-25(7-10-32)20-14-28-8-5-19(20)16-33-25/h3-5,8,11-14H,2,6-7,9-10,15-16H2,1H3/b31-23-. The maximum Gasteiger partial charge on any atom is 0.182 e. The highest BCUT2D eigenvalue weighted by Crippen LogP contribution is 2.43. The minimum Gasteiger partial charge on any atom is -0.396 e. The Hall–Kier alpha value is -3.30. The largest absolute Gasteiger partial charge is 0.396 e. The summed E-state index contributed by atoms with van der Waals surface area (Å²) >= 11 is 0. The van der Waals surface area contributed by atoms with Crippen molar-refractivity contribution < 1.29 is 18.4 Å². The lowest BCUT2D eigenvalue weighted by Gasteiger charge is -2.39. The first kappa shape index (κ1) is 22.5. The van der Waals surface area contributed by atoms with Gasteiger partial charge in [-0.25, -0.2) is 18.7 Å². The van der Waals surface area contributed by atoms with Gasteiger partial charge in [0.1, 0.15) is 6.61 Å². The van der Waals surface area contributed by atoms with Gasteiger partial charge in [0, 0.05) is 61.1 Å². The highest BCUT2D eigenvalue weighted by Gasteiger charge is 2.42. The van der Waals surface area contributed by atoms with E-state index in [2.05, 4.69) is 25.0 Å². The third kappa shape index (κ3) is 4.41. The van der Waals surface area contributed by atoms with Gasteiger partial charge in [0.05, 0.1) is 12.2 Å². The Balaban J connectivity index is 1.27. The van der Waals surface area contributed by atoms with E-state index in [4.69, 9.17) is 9.57 Å². The fraction of sp³-hybridized carbons (Fsp3) is 0.360. The Kier molecular flexibility index (Phi) is 6.30. The molecule has 7 nitrogen and oxygen atoms in total. The Morgan fingerprint density at radius 2 is 1.91 bits per heavy atom. The third-order valence-corrected chi connectivity index (χ3v) is 6.37. The zero-order valence-electron chi connectivity index (χ0n) is 18.9. The number of ether oxygens (including phenoxy) is 1. The van der Waals surface area contributed by atoms with Crippen molar-refractivity contribution in [2.75, 3.05) is 19.7 Å². The molecule has 0 aliphatic carbocycles. The van der Waals surface area contributed by atoms with E-state index in [-0.39, 0.29) is 17.1 Å². The number of piperidine rings is 1. The Bertz CT molecular complexity index is 1190. The Labute approximate surface area is 196 Å². The number of fused-ring (bicyclic) bond motifs is 2. The average Bonchev–Trinajstić information content (AvgIpc) is 3.22. The molecule has 176 valence electrons. The molecule has 0 radical (unpaired) electrons. The van der Waals surface area contributed by atoms with Crippen molar-refractivity contribution in [3.05, 3.63) is 88.8 Å². The van der Waals surface area contributed by atoms with Gasteiger partial charge in [-0.15, -0.1) is 0 Å². The zero-order chi connectivity index (χ0) is 23.5. The van der Waals surface area contributed by atoms with Crippen LogP contribution in [0, 0.1) is 11.6 Å². The Morgan fingerprint density at radius 3 is 2.65 bits per heavy atom. The fourth-order valence-electron chi connectivity index (χ4n) is 4.55. The van der Waals surface area contributed by atoms with Crippen LogP contribution in [0.1, 0.15) is 47.8 Å². The molecule has 4 heterocycles. The van der Waals surface area contributed by atoms with Crippen molar-refractivity contribution >= 4 is 5.71 Å². The van der Waals surface area contributed by atoms with E-state index in [1.807, 2.05) is 18.5 Å². The summed E-state index contributed by atoms with van der Waals surface area (Å²) in [6.07, 6.45) is 9.05. The van der Waals surface area contributed by atoms with Gasteiger partial charge in [0.15, 0.2) is 23.2 Å². The molecule has 0 unspecified atom stereocenters. The van der Waals surface area contributed by atoms with Crippen LogP contribution in [-0.4, -0.2) is 45.3 Å². The summed E-state index contributed by atoms with van der Waals surface area (Å²) in [4.78, 5) is 20.7. The first-order valence-corrected chi connectivity index (χ1v) is 11.3. The molecular weight excluding hydrogens is 440 g/mol. The normalized spacial score (nSPS) is 17.7. The molecule has 0 N–H and O–H groups in total. The second-order valence-corrected chi connectivity index (χ2v) is 8.49. The smallest absolute Gasteiger partial charge is 0.182 e. The number of hydrogen-bond acceptors (Lipinski definition) is 7. The molecule has 2 aromatic heterocycles. The maximum atomic E-state index is 13.8. The van der Waals surface area contributed by atoms with Crippen LogP contribution < -0.4 is 0 Å². The Morgan fingerprint density at radius 1 is 1.12 bits per heavy atom. The van der Waals surface area contributed by atoms with Gasteiger partial charge in [0.25, 0.3) is 0 Å². The third-order valence-electron chi connectivity index (χ3n) is 6.37. The molecule has 1 fully saturated rings. The monoisotopic (exact) mass is 465 g/mol. The van der Waals surface area contributed by atoms with E-state index in [1.165, 1.54) is 17.2 Å². The number of benzene rings is 1. The molecule has 1 aromatic carbocycles. The van der Waals surface area contributed by atoms with Gasteiger partial charge < -0.3 is 9.57 Å². The number of aromatic nitrogens is 3. The molecule has 0 saturated carbocycles. The lowest BCUT2D eigenvalue weighted by molar-refractivity contribution is -0.0800. The van der Waals surface area contributed by atoms with Crippen LogP contribution in [0.3, 0.4) is 0 Å². The zero-order valence-corrected chi connectivity index (χ0v) is 18.9. The summed E-state index contributed by atoms with van der Waals surface area (Å²) in [5.41, 5.74) is 3.77. The molecule has 9 heteroatoms. The predicted molar refractivity (Wildman–Crippen MR) is 121 cm³/mol. The molecule has 5 rings (SSSR count). The van der Waals surface area contributed by atoms with Crippen LogP contribution in [0.25, 0.3) is 0 Å². The van der Waals surface area contributed by atoms with Crippen LogP contribution in [0.15, 0.2) is 54.2 Å². The molecule has 0 atom stereocenters. The minimum atomic E-state index is -0.967. The van der Waals surface area contributed by atoms with Gasteiger partial charge in [-0.2, -0.15) is 0 Å². The van der Waals surface area contributed by atoms with Crippen molar-refractivity contribution in [3.63, 3.8) is 0 Å². The molecule has 2 aliphatic rings. The minimum absolute atomic E-state index is 0.227. The first-order chi connectivity index (χ1) is 16.6. The topological polar surface area (TPSA) is 72.7 Å². The van der Waals surface area contributed by atoms with Crippen LogP contribution in [0.2, 0.25) is 0 Å². The summed E-state index contributed by atoms with van der Waals surface area (Å²) in [5.74, 6) is -1.61. The lowest BCUT2D eigenvalue weighted by Crippen LogP contribution is -2.42. The summed E-state index contributed by atoms with van der Waals surface area (Å²) in [6, 6.07) is 5.58. The van der Waals surface area contributed by atoms with E-state index in [0.29, 0.717) is 25.3 Å². The molecule has 34 heavy (non-hydrogen) atoms. The number of oxime groups is 1. The molecule has 1 saturated heterocycles. The van der Waals surface area contributed by atoms with Gasteiger partial charge in [-0.3, -0.25) is 9.88 Å². The van der Waals surface area contributed by atoms with Crippen LogP contribution >= 0.6 is 0 Å². The number of pyridine rings is 1. The van der Waals surface area contributed by atoms with Crippen molar-refractivity contribution in [3.8, 4) is 0 Å². The second-order valence-electron chi connectivity index (χ2n) is 8.49. The van der Waals surface area contributed by atoms with Crippen molar-refractivity contribution in [2.45, 2.75) is 38.5 Å². The van der Waals surface area contributed by atoms with E-state index in [9.17, 15) is 8.78 Å². The number of nitrogens with zero attached hydrogens (tertiary/aromatic N) is 5. The predicted octanol–water partition coefficient (Wildman–Crippen LogP) is 3.96. The van der Waals surface area contributed by atoms with Crippen LogP contribution in [-0.2, 0) is 28.3 Å². The van der Waals surface area contributed by atoms with Crippen LogP contribution in [0.4, 0.5) is 8.78 Å². The van der Waals surface area contributed by atoms with Crippen LogP contribution in [0.5, 0.6) is 0 Å². The van der Waals surface area contributed by atoms with E-state index >= 15 is 0 Å². The van der Waals surface area contributed by atoms with Gasteiger partial charge in [0.2, 0.25) is 0 Å². The van der Waals surface area contributed by atoms with Crippen molar-refractivity contribution in [2.24, 2.45) is 5.16 Å². The van der Waals surface area contributed by atoms with Crippen molar-refractivity contribution in [1.82, 2.24) is 19.9 Å². The molecule has 2 aliphatic heterocycles. The highest BCUT2D eigenvalue weighted by molar-refractivity contribution is 6.10. The molecular formula is C25H25F2N5O2. The molecule has 3 aromatic rings.